The molecule has 1 aromatic carbocycles. The summed E-state index contributed by atoms with van der Waals surface area (Å²) in [5.41, 5.74) is 2.41. The molecule has 3 rings (SSSR count). The Labute approximate surface area is 173 Å². The van der Waals surface area contributed by atoms with Crippen molar-refractivity contribution in [3.8, 4) is 10.7 Å². The van der Waals surface area contributed by atoms with Crippen molar-refractivity contribution < 1.29 is 4.79 Å². The van der Waals surface area contributed by atoms with Gasteiger partial charge in [-0.25, -0.2) is 4.68 Å². The second-order valence-electron chi connectivity index (χ2n) is 7.07. The molecule has 6 nitrogen and oxygen atoms in total. The molecule has 2 heterocycles. The monoisotopic (exact) mass is 415 g/mol. The fourth-order valence-electron chi connectivity index (χ4n) is 2.86. The highest BCUT2D eigenvalue weighted by molar-refractivity contribution is 7.99. The maximum absolute atomic E-state index is 12.3. The lowest BCUT2D eigenvalue weighted by Crippen LogP contribution is -2.28. The average Bonchev–Trinajstić information content (AvgIpc) is 3.29. The van der Waals surface area contributed by atoms with Gasteiger partial charge in [-0.2, -0.15) is 0 Å². The minimum Gasteiger partial charge on any atom is -0.349 e. The molecule has 0 saturated heterocycles. The molecule has 1 atom stereocenters. The number of aromatic nitrogens is 3. The molecule has 0 fully saturated rings. The number of thioether (sulfide) groups is 1. The molecule has 148 valence electrons. The predicted octanol–water partition coefficient (Wildman–Crippen LogP) is 3.89. The van der Waals surface area contributed by atoms with Gasteiger partial charge in [-0.15, -0.1) is 21.5 Å². The van der Waals surface area contributed by atoms with Gasteiger partial charge >= 0.3 is 0 Å². The third-order valence-corrected chi connectivity index (χ3v) is 6.05. The van der Waals surface area contributed by atoms with E-state index in [1.807, 2.05) is 24.4 Å². The summed E-state index contributed by atoms with van der Waals surface area (Å²) in [6, 6.07) is 12.3. The van der Waals surface area contributed by atoms with Crippen LogP contribution in [0.4, 0.5) is 0 Å². The van der Waals surface area contributed by atoms with Gasteiger partial charge in [0, 0.05) is 0 Å². The second kappa shape index (κ2) is 9.25. The summed E-state index contributed by atoms with van der Waals surface area (Å²) in [7, 11) is 0. The van der Waals surface area contributed by atoms with E-state index in [4.69, 9.17) is 5.84 Å². The molecular weight excluding hydrogens is 390 g/mol. The Bertz CT molecular complexity index is 903. The topological polar surface area (TPSA) is 85.8 Å². The van der Waals surface area contributed by atoms with Gasteiger partial charge in [0.2, 0.25) is 11.1 Å². The van der Waals surface area contributed by atoms with Crippen molar-refractivity contribution in [2.75, 3.05) is 11.6 Å². The summed E-state index contributed by atoms with van der Waals surface area (Å²) in [5, 5.41) is 13.7. The van der Waals surface area contributed by atoms with Gasteiger partial charge < -0.3 is 11.2 Å². The summed E-state index contributed by atoms with van der Waals surface area (Å²) in [6.07, 6.45) is 1.06. The molecule has 0 saturated carbocycles. The van der Waals surface area contributed by atoms with Crippen LogP contribution >= 0.6 is 23.1 Å². The summed E-state index contributed by atoms with van der Waals surface area (Å²) < 4.78 is 1.43. The van der Waals surface area contributed by atoms with E-state index < -0.39 is 0 Å². The van der Waals surface area contributed by atoms with Crippen molar-refractivity contribution in [3.63, 3.8) is 0 Å². The smallest absolute Gasteiger partial charge is 0.230 e. The molecule has 1 amide bonds. The quantitative estimate of drug-likeness (QED) is 0.431. The summed E-state index contributed by atoms with van der Waals surface area (Å²) >= 11 is 2.82. The summed E-state index contributed by atoms with van der Waals surface area (Å²) in [6.45, 7) is 6.40. The van der Waals surface area contributed by atoms with Crippen molar-refractivity contribution in [1.82, 2.24) is 20.2 Å². The van der Waals surface area contributed by atoms with Crippen LogP contribution in [0.3, 0.4) is 0 Å². The molecule has 3 aromatic rings. The predicted molar refractivity (Wildman–Crippen MR) is 116 cm³/mol. The van der Waals surface area contributed by atoms with Crippen molar-refractivity contribution in [2.45, 2.75) is 38.4 Å². The van der Waals surface area contributed by atoms with E-state index in [1.165, 1.54) is 22.0 Å². The largest absolute Gasteiger partial charge is 0.349 e. The Kier molecular flexibility index (Phi) is 6.74. The third-order valence-electron chi connectivity index (χ3n) is 4.24. The number of benzene rings is 1. The number of carbonyl (C=O) groups excluding carboxylic acids is 1. The Morgan fingerprint density at radius 3 is 2.61 bits per heavy atom. The second-order valence-corrected chi connectivity index (χ2v) is 8.96. The number of nitrogens with one attached hydrogen (secondary N) is 1. The summed E-state index contributed by atoms with van der Waals surface area (Å²) in [4.78, 5) is 13.3. The zero-order chi connectivity index (χ0) is 20.1. The van der Waals surface area contributed by atoms with E-state index in [0.29, 0.717) is 16.9 Å². The number of thiophene rings is 1. The standard InChI is InChI=1S/C20H25N5OS2/c1-13(2)11-15-6-8-16(9-7-15)14(3)22-18(26)12-28-20-24-23-19(25(20)21)17-5-4-10-27-17/h4-10,13-14H,11-12,21H2,1-3H3,(H,22,26)/t14-/m1/s1. The highest BCUT2D eigenvalue weighted by Gasteiger charge is 2.15. The van der Waals surface area contributed by atoms with Crippen LogP contribution < -0.4 is 11.2 Å². The molecular formula is C20H25N5OS2. The first-order chi connectivity index (χ1) is 13.4. The van der Waals surface area contributed by atoms with Crippen molar-refractivity contribution in [1.29, 1.82) is 0 Å². The lowest BCUT2D eigenvalue weighted by Gasteiger charge is -2.15. The van der Waals surface area contributed by atoms with Crippen LogP contribution in [0.5, 0.6) is 0 Å². The van der Waals surface area contributed by atoms with E-state index in [-0.39, 0.29) is 17.7 Å². The highest BCUT2D eigenvalue weighted by atomic mass is 32.2. The third kappa shape index (κ3) is 5.14. The van der Waals surface area contributed by atoms with Crippen LogP contribution in [0.25, 0.3) is 10.7 Å². The maximum atomic E-state index is 12.3. The van der Waals surface area contributed by atoms with E-state index in [2.05, 4.69) is 53.6 Å². The maximum Gasteiger partial charge on any atom is 0.230 e. The first-order valence-electron chi connectivity index (χ1n) is 9.19. The Hall–Kier alpha value is -2.32. The molecule has 0 aliphatic heterocycles. The number of hydrogen-bond acceptors (Lipinski definition) is 6. The molecule has 2 aromatic heterocycles. The van der Waals surface area contributed by atoms with Gasteiger partial charge in [-0.05, 0) is 41.8 Å². The zero-order valence-corrected chi connectivity index (χ0v) is 17.9. The van der Waals surface area contributed by atoms with Crippen LogP contribution in [-0.2, 0) is 11.2 Å². The first-order valence-corrected chi connectivity index (χ1v) is 11.1. The number of nitrogens with zero attached hydrogens (tertiary/aromatic N) is 3. The molecule has 0 aliphatic carbocycles. The Morgan fingerprint density at radius 2 is 1.96 bits per heavy atom. The van der Waals surface area contributed by atoms with Gasteiger partial charge in [0.05, 0.1) is 16.7 Å². The molecule has 3 N–H and O–H groups in total. The van der Waals surface area contributed by atoms with Gasteiger partial charge in [0.25, 0.3) is 0 Å². The Balaban J connectivity index is 1.53. The summed E-state index contributed by atoms with van der Waals surface area (Å²) in [5.74, 6) is 7.47. The van der Waals surface area contributed by atoms with Crippen LogP contribution in [-0.4, -0.2) is 26.5 Å². The number of amides is 1. The van der Waals surface area contributed by atoms with Gasteiger partial charge in [-0.3, -0.25) is 4.79 Å². The van der Waals surface area contributed by atoms with Crippen molar-refractivity contribution in [3.05, 3.63) is 52.9 Å². The van der Waals surface area contributed by atoms with Gasteiger partial charge in [0.1, 0.15) is 0 Å². The lowest BCUT2D eigenvalue weighted by molar-refractivity contribution is -0.119. The lowest BCUT2D eigenvalue weighted by atomic mass is 10.00. The number of rotatable bonds is 8. The van der Waals surface area contributed by atoms with E-state index in [1.54, 1.807) is 11.3 Å². The molecule has 8 heteroatoms. The minimum absolute atomic E-state index is 0.0568. The fourth-order valence-corrected chi connectivity index (χ4v) is 4.23. The number of nitrogen functional groups attached to an aromatic ring is 1. The van der Waals surface area contributed by atoms with Crippen LogP contribution in [0, 0.1) is 5.92 Å². The number of nitrogens with two attached hydrogens (primary N) is 1. The van der Waals surface area contributed by atoms with E-state index in [9.17, 15) is 4.79 Å². The highest BCUT2D eigenvalue weighted by Crippen LogP contribution is 2.25. The van der Waals surface area contributed by atoms with Gasteiger partial charge in [-0.1, -0.05) is 55.9 Å². The Morgan fingerprint density at radius 1 is 1.21 bits per heavy atom. The zero-order valence-electron chi connectivity index (χ0n) is 16.3. The van der Waals surface area contributed by atoms with E-state index >= 15 is 0 Å². The normalized spacial score (nSPS) is 12.3. The molecule has 0 bridgehead atoms. The molecule has 28 heavy (non-hydrogen) atoms. The first kappa shape index (κ1) is 20.4. The number of hydrogen-bond donors (Lipinski definition) is 2. The van der Waals surface area contributed by atoms with E-state index in [0.717, 1.165) is 16.9 Å². The number of carbonyl (C=O) groups is 1. The molecule has 0 aliphatic rings. The minimum atomic E-state index is -0.0653. The fraction of sp³-hybridized carbons (Fsp3) is 0.350. The average molecular weight is 416 g/mol. The molecule has 0 spiro atoms. The molecule has 0 radical (unpaired) electrons. The van der Waals surface area contributed by atoms with Crippen molar-refractivity contribution in [2.24, 2.45) is 5.92 Å². The van der Waals surface area contributed by atoms with Crippen molar-refractivity contribution >= 4 is 29.0 Å². The van der Waals surface area contributed by atoms with Crippen LogP contribution in [0.1, 0.15) is 37.9 Å². The molecule has 0 unspecified atom stereocenters. The van der Waals surface area contributed by atoms with Crippen LogP contribution in [0.2, 0.25) is 0 Å². The SMILES string of the molecule is CC(C)Cc1ccc([C@@H](C)NC(=O)CSc2nnc(-c3cccs3)n2N)cc1. The van der Waals surface area contributed by atoms with Crippen LogP contribution in [0.15, 0.2) is 46.9 Å². The van der Waals surface area contributed by atoms with Gasteiger partial charge in [0.15, 0.2) is 5.82 Å².